The van der Waals surface area contributed by atoms with E-state index in [1.807, 2.05) is 12.1 Å². The molecular formula is C8H8BrNO. The highest BCUT2D eigenvalue weighted by Crippen LogP contribution is 2.10. The molecule has 0 fully saturated rings. The van der Waals surface area contributed by atoms with Crippen molar-refractivity contribution in [3.63, 3.8) is 0 Å². The number of nitrogens with one attached hydrogen (secondary N) is 1. The molecule has 1 rings (SSSR count). The van der Waals surface area contributed by atoms with Gasteiger partial charge < -0.3 is 4.34 Å². The summed E-state index contributed by atoms with van der Waals surface area (Å²) < 4.78 is 2.79. The minimum Gasteiger partial charge on any atom is -0.322 e. The molecule has 0 aromatic heterocycles. The summed E-state index contributed by atoms with van der Waals surface area (Å²) in [4.78, 5) is 10.8. The molecule has 0 aliphatic rings. The fourth-order valence-corrected chi connectivity index (χ4v) is 1.03. The molecule has 0 saturated carbocycles. The van der Waals surface area contributed by atoms with E-state index in [1.165, 1.54) is 0 Å². The number of Topliss-reactive ketones (excluding diaryl/α,β-unsaturated/α-hetero) is 1. The molecule has 1 aromatic rings. The van der Waals surface area contributed by atoms with Crippen molar-refractivity contribution < 1.29 is 4.79 Å². The largest absolute Gasteiger partial charge is 0.322 e. The SMILES string of the molecule is CC(=O)c1ccc(NBr)cc1. The molecule has 0 spiro atoms. The molecule has 0 radical (unpaired) electrons. The highest BCUT2D eigenvalue weighted by molar-refractivity contribution is 9.10. The lowest BCUT2D eigenvalue weighted by Gasteiger charge is -1.97. The van der Waals surface area contributed by atoms with Gasteiger partial charge in [-0.2, -0.15) is 0 Å². The fourth-order valence-electron chi connectivity index (χ4n) is 0.768. The van der Waals surface area contributed by atoms with Gasteiger partial charge in [0.25, 0.3) is 0 Å². The summed E-state index contributed by atoms with van der Waals surface area (Å²) >= 11 is 3.08. The molecule has 1 aromatic carbocycles. The summed E-state index contributed by atoms with van der Waals surface area (Å²) in [6.07, 6.45) is 0. The zero-order chi connectivity index (χ0) is 8.27. The fraction of sp³-hybridized carbons (Fsp3) is 0.125. The van der Waals surface area contributed by atoms with Gasteiger partial charge >= 0.3 is 0 Å². The van der Waals surface area contributed by atoms with Gasteiger partial charge in [0.2, 0.25) is 0 Å². The highest BCUT2D eigenvalue weighted by atomic mass is 79.9. The highest BCUT2D eigenvalue weighted by Gasteiger charge is 1.96. The average Bonchev–Trinajstić information content (AvgIpc) is 2.05. The Balaban J connectivity index is 2.91. The van der Waals surface area contributed by atoms with Crippen LogP contribution in [-0.2, 0) is 0 Å². The molecule has 0 saturated heterocycles. The predicted molar refractivity (Wildman–Crippen MR) is 49.0 cm³/mol. The zero-order valence-corrected chi connectivity index (χ0v) is 7.68. The summed E-state index contributed by atoms with van der Waals surface area (Å²) in [6, 6.07) is 7.24. The summed E-state index contributed by atoms with van der Waals surface area (Å²) in [7, 11) is 0. The number of hydrogen-bond donors (Lipinski definition) is 1. The predicted octanol–water partition coefficient (Wildman–Crippen LogP) is 2.61. The Bertz CT molecular complexity index is 255. The maximum absolute atomic E-state index is 10.8. The van der Waals surface area contributed by atoms with Crippen LogP contribution in [0.1, 0.15) is 17.3 Å². The Morgan fingerprint density at radius 1 is 1.36 bits per heavy atom. The molecule has 0 aliphatic heterocycles. The van der Waals surface area contributed by atoms with Gasteiger partial charge in [-0.15, -0.1) is 0 Å². The Morgan fingerprint density at radius 2 is 1.91 bits per heavy atom. The molecule has 3 heteroatoms. The zero-order valence-electron chi connectivity index (χ0n) is 6.10. The second kappa shape index (κ2) is 3.53. The lowest BCUT2D eigenvalue weighted by atomic mass is 10.1. The number of benzene rings is 1. The van der Waals surface area contributed by atoms with Gasteiger partial charge in [0.15, 0.2) is 5.78 Å². The van der Waals surface area contributed by atoms with Crippen LogP contribution in [0.15, 0.2) is 24.3 Å². The van der Waals surface area contributed by atoms with E-state index in [9.17, 15) is 4.79 Å². The molecule has 1 N–H and O–H groups in total. The third kappa shape index (κ3) is 2.05. The third-order valence-electron chi connectivity index (χ3n) is 1.40. The Labute approximate surface area is 74.0 Å². The van der Waals surface area contributed by atoms with Crippen molar-refractivity contribution in [3.05, 3.63) is 29.8 Å². The second-order valence-corrected chi connectivity index (χ2v) is 2.62. The van der Waals surface area contributed by atoms with Gasteiger partial charge in [-0.05, 0) is 31.2 Å². The van der Waals surface area contributed by atoms with Gasteiger partial charge in [0.1, 0.15) is 0 Å². The molecule has 0 atom stereocenters. The monoisotopic (exact) mass is 213 g/mol. The minimum atomic E-state index is 0.0890. The van der Waals surface area contributed by atoms with E-state index in [2.05, 4.69) is 20.5 Å². The Hall–Kier alpha value is -0.830. The lowest BCUT2D eigenvalue weighted by molar-refractivity contribution is 0.101. The minimum absolute atomic E-state index is 0.0890. The van der Waals surface area contributed by atoms with Crippen LogP contribution in [0.4, 0.5) is 5.69 Å². The van der Waals surface area contributed by atoms with Crippen LogP contribution in [0.2, 0.25) is 0 Å². The average molecular weight is 214 g/mol. The smallest absolute Gasteiger partial charge is 0.159 e. The number of rotatable bonds is 2. The third-order valence-corrected chi connectivity index (χ3v) is 1.86. The van der Waals surface area contributed by atoms with Crippen molar-refractivity contribution in [1.82, 2.24) is 0 Å². The van der Waals surface area contributed by atoms with Crippen LogP contribution in [0.3, 0.4) is 0 Å². The van der Waals surface area contributed by atoms with E-state index >= 15 is 0 Å². The van der Waals surface area contributed by atoms with Crippen LogP contribution in [-0.4, -0.2) is 5.78 Å². The molecule has 0 bridgehead atoms. The van der Waals surface area contributed by atoms with Gasteiger partial charge in [-0.1, -0.05) is 0 Å². The van der Waals surface area contributed by atoms with Crippen molar-refractivity contribution >= 4 is 27.6 Å². The van der Waals surface area contributed by atoms with E-state index in [0.29, 0.717) is 0 Å². The van der Waals surface area contributed by atoms with Crippen LogP contribution in [0.25, 0.3) is 0 Å². The van der Waals surface area contributed by atoms with E-state index in [0.717, 1.165) is 11.3 Å². The first-order valence-electron chi connectivity index (χ1n) is 3.21. The number of halogens is 1. The van der Waals surface area contributed by atoms with E-state index in [-0.39, 0.29) is 5.78 Å². The molecule has 0 unspecified atom stereocenters. The summed E-state index contributed by atoms with van der Waals surface area (Å²) in [5.41, 5.74) is 1.67. The molecule has 2 nitrogen and oxygen atoms in total. The summed E-state index contributed by atoms with van der Waals surface area (Å²) in [5.74, 6) is 0.0890. The number of ketones is 1. The van der Waals surface area contributed by atoms with Crippen molar-refractivity contribution in [2.24, 2.45) is 0 Å². The maximum Gasteiger partial charge on any atom is 0.159 e. The van der Waals surface area contributed by atoms with Crippen LogP contribution >= 0.6 is 16.1 Å². The van der Waals surface area contributed by atoms with Crippen LogP contribution in [0, 0.1) is 0 Å². The molecular weight excluding hydrogens is 206 g/mol. The van der Waals surface area contributed by atoms with Gasteiger partial charge in [0.05, 0.1) is 0 Å². The first-order chi connectivity index (χ1) is 5.24. The maximum atomic E-state index is 10.8. The van der Waals surface area contributed by atoms with E-state index < -0.39 is 0 Å². The summed E-state index contributed by atoms with van der Waals surface area (Å²) in [5, 5.41) is 0. The van der Waals surface area contributed by atoms with Gasteiger partial charge in [-0.3, -0.25) is 4.79 Å². The van der Waals surface area contributed by atoms with Crippen molar-refractivity contribution in [1.29, 1.82) is 0 Å². The molecule has 0 amide bonds. The standard InChI is InChI=1S/C8H8BrNO/c1-6(11)7-2-4-8(10-9)5-3-7/h2-5,10H,1H3. The molecule has 58 valence electrons. The second-order valence-electron chi connectivity index (χ2n) is 2.23. The van der Waals surface area contributed by atoms with Crippen LogP contribution < -0.4 is 4.34 Å². The number of hydrogen-bond acceptors (Lipinski definition) is 2. The van der Waals surface area contributed by atoms with Crippen molar-refractivity contribution in [2.45, 2.75) is 6.92 Å². The quantitative estimate of drug-likeness (QED) is 0.605. The van der Waals surface area contributed by atoms with Gasteiger partial charge in [0, 0.05) is 27.4 Å². The first-order valence-corrected chi connectivity index (χ1v) is 4.01. The normalized spacial score (nSPS) is 9.27. The molecule has 0 aliphatic carbocycles. The number of carbonyl (C=O) groups is 1. The Morgan fingerprint density at radius 3 is 2.27 bits per heavy atom. The van der Waals surface area contributed by atoms with E-state index in [4.69, 9.17) is 0 Å². The van der Waals surface area contributed by atoms with Crippen LogP contribution in [0.5, 0.6) is 0 Å². The van der Waals surface area contributed by atoms with Crippen molar-refractivity contribution in [3.8, 4) is 0 Å². The first kappa shape index (κ1) is 8.27. The number of carbonyl (C=O) groups excluding carboxylic acids is 1. The van der Waals surface area contributed by atoms with E-state index in [1.54, 1.807) is 19.1 Å². The molecule has 0 heterocycles. The molecule has 11 heavy (non-hydrogen) atoms. The number of anilines is 1. The van der Waals surface area contributed by atoms with Crippen molar-refractivity contribution in [2.75, 3.05) is 4.34 Å². The topological polar surface area (TPSA) is 29.1 Å². The summed E-state index contributed by atoms with van der Waals surface area (Å²) in [6.45, 7) is 1.55. The van der Waals surface area contributed by atoms with Gasteiger partial charge in [-0.25, -0.2) is 0 Å². The lowest BCUT2D eigenvalue weighted by Crippen LogP contribution is -1.90. The Kier molecular flexibility index (Phi) is 2.65.